The van der Waals surface area contributed by atoms with E-state index < -0.39 is 0 Å². The number of carbonyl (C=O) groups excluding carboxylic acids is 2. The molecule has 1 aliphatic heterocycles. The van der Waals surface area contributed by atoms with Gasteiger partial charge in [0, 0.05) is 30.9 Å². The zero-order valence-corrected chi connectivity index (χ0v) is 17.5. The Kier molecular flexibility index (Phi) is 7.42. The predicted molar refractivity (Wildman–Crippen MR) is 117 cm³/mol. The first-order chi connectivity index (χ1) is 14.1. The number of hydrogen-bond donors (Lipinski definition) is 1. The van der Waals surface area contributed by atoms with Crippen molar-refractivity contribution in [1.82, 2.24) is 9.80 Å². The number of amides is 2. The minimum atomic E-state index is -0.0334. The van der Waals surface area contributed by atoms with Gasteiger partial charge in [-0.2, -0.15) is 0 Å². The molecule has 0 spiro atoms. The molecular formula is C24H31N3O2. The van der Waals surface area contributed by atoms with Crippen molar-refractivity contribution in [3.8, 4) is 0 Å². The number of para-hydroxylation sites is 1. The third kappa shape index (κ3) is 5.91. The van der Waals surface area contributed by atoms with Crippen LogP contribution < -0.4 is 5.32 Å². The van der Waals surface area contributed by atoms with Gasteiger partial charge < -0.3 is 10.2 Å². The molecule has 1 heterocycles. The van der Waals surface area contributed by atoms with Gasteiger partial charge >= 0.3 is 0 Å². The van der Waals surface area contributed by atoms with Gasteiger partial charge in [0.05, 0.1) is 6.54 Å². The maximum atomic E-state index is 12.7. The van der Waals surface area contributed by atoms with Crippen LogP contribution in [0.25, 0.3) is 0 Å². The summed E-state index contributed by atoms with van der Waals surface area (Å²) < 4.78 is 0. The van der Waals surface area contributed by atoms with E-state index in [-0.39, 0.29) is 11.8 Å². The number of piperidine rings is 1. The van der Waals surface area contributed by atoms with Crippen LogP contribution in [0.4, 0.5) is 5.69 Å². The third-order valence-electron chi connectivity index (χ3n) is 5.36. The van der Waals surface area contributed by atoms with E-state index in [1.807, 2.05) is 65.4 Å². The van der Waals surface area contributed by atoms with E-state index in [2.05, 4.69) is 12.2 Å². The first-order valence-electron chi connectivity index (χ1n) is 10.5. The molecule has 1 fully saturated rings. The number of anilines is 1. The molecule has 2 aromatic carbocycles. The highest BCUT2D eigenvalue weighted by atomic mass is 16.2. The highest BCUT2D eigenvalue weighted by molar-refractivity contribution is 5.94. The van der Waals surface area contributed by atoms with Gasteiger partial charge in [0.2, 0.25) is 5.91 Å². The number of carbonyl (C=O) groups is 2. The van der Waals surface area contributed by atoms with Crippen molar-refractivity contribution in [3.63, 3.8) is 0 Å². The summed E-state index contributed by atoms with van der Waals surface area (Å²) in [6.07, 6.45) is 4.26. The number of aryl methyl sites for hydroxylation is 1. The van der Waals surface area contributed by atoms with Crippen LogP contribution in [-0.2, 0) is 17.8 Å². The number of benzene rings is 2. The summed E-state index contributed by atoms with van der Waals surface area (Å²) in [4.78, 5) is 29.1. The first-order valence-corrected chi connectivity index (χ1v) is 10.5. The summed E-state index contributed by atoms with van der Waals surface area (Å²) in [6, 6.07) is 15.7. The van der Waals surface area contributed by atoms with Crippen molar-refractivity contribution in [3.05, 3.63) is 65.2 Å². The first kappa shape index (κ1) is 21.1. The number of rotatable bonds is 7. The van der Waals surface area contributed by atoms with Gasteiger partial charge in [0.15, 0.2) is 0 Å². The zero-order valence-electron chi connectivity index (χ0n) is 17.5. The van der Waals surface area contributed by atoms with Crippen molar-refractivity contribution in [2.24, 2.45) is 0 Å². The van der Waals surface area contributed by atoms with Crippen LogP contribution in [0.2, 0.25) is 0 Å². The molecule has 2 amide bonds. The quantitative estimate of drug-likeness (QED) is 0.775. The molecular weight excluding hydrogens is 362 g/mol. The van der Waals surface area contributed by atoms with Crippen LogP contribution in [0.1, 0.15) is 47.7 Å². The number of likely N-dealkylation sites (N-methyl/N-ethyl adjacent to an activating group) is 1. The molecule has 0 aliphatic carbocycles. The normalized spacial score (nSPS) is 14.1. The molecule has 0 atom stereocenters. The van der Waals surface area contributed by atoms with Crippen LogP contribution >= 0.6 is 0 Å². The molecule has 0 bridgehead atoms. The van der Waals surface area contributed by atoms with Crippen molar-refractivity contribution < 1.29 is 9.59 Å². The van der Waals surface area contributed by atoms with Crippen molar-refractivity contribution in [2.75, 3.05) is 32.0 Å². The van der Waals surface area contributed by atoms with Gasteiger partial charge in [-0.05, 0) is 62.1 Å². The second-order valence-electron chi connectivity index (χ2n) is 7.78. The van der Waals surface area contributed by atoms with Gasteiger partial charge in [-0.1, -0.05) is 37.3 Å². The van der Waals surface area contributed by atoms with Crippen LogP contribution in [0, 0.1) is 0 Å². The Hall–Kier alpha value is -2.66. The number of likely N-dealkylation sites (tertiary alicyclic amines) is 1. The van der Waals surface area contributed by atoms with Gasteiger partial charge in [-0.25, -0.2) is 0 Å². The molecule has 0 radical (unpaired) electrons. The Bertz CT molecular complexity index is 844. The van der Waals surface area contributed by atoms with Crippen LogP contribution in [-0.4, -0.2) is 48.3 Å². The highest BCUT2D eigenvalue weighted by Gasteiger charge is 2.18. The average molecular weight is 394 g/mol. The minimum absolute atomic E-state index is 0.0334. The largest absolute Gasteiger partial charge is 0.339 e. The van der Waals surface area contributed by atoms with Crippen molar-refractivity contribution in [1.29, 1.82) is 0 Å². The smallest absolute Gasteiger partial charge is 0.253 e. The maximum Gasteiger partial charge on any atom is 0.253 e. The third-order valence-corrected chi connectivity index (χ3v) is 5.36. The molecule has 5 heteroatoms. The summed E-state index contributed by atoms with van der Waals surface area (Å²) >= 11 is 0. The second-order valence-corrected chi connectivity index (χ2v) is 7.78. The molecule has 1 saturated heterocycles. The SMILES string of the molecule is CCc1ccccc1NC(=O)CN(C)Cc1cccc(C(=O)N2CCCCC2)c1. The standard InChI is InChI=1S/C24H31N3O2/c1-3-20-11-5-6-13-22(20)25-23(28)18-26(2)17-19-10-9-12-21(16-19)24(29)27-14-7-4-8-15-27/h5-6,9-13,16H,3-4,7-8,14-15,17-18H2,1-2H3,(H,25,28). The predicted octanol–water partition coefficient (Wildman–Crippen LogP) is 3.95. The molecule has 2 aromatic rings. The molecule has 5 nitrogen and oxygen atoms in total. The molecule has 0 aromatic heterocycles. The number of nitrogens with zero attached hydrogens (tertiary/aromatic N) is 2. The summed E-state index contributed by atoms with van der Waals surface area (Å²) in [5.41, 5.74) is 3.78. The van der Waals surface area contributed by atoms with E-state index >= 15 is 0 Å². The molecule has 154 valence electrons. The topological polar surface area (TPSA) is 52.7 Å². The average Bonchev–Trinajstić information content (AvgIpc) is 2.74. The Morgan fingerprint density at radius 3 is 2.55 bits per heavy atom. The van der Waals surface area contributed by atoms with E-state index in [9.17, 15) is 9.59 Å². The summed E-state index contributed by atoms with van der Waals surface area (Å²) in [5.74, 6) is 0.0806. The minimum Gasteiger partial charge on any atom is -0.339 e. The maximum absolute atomic E-state index is 12.7. The lowest BCUT2D eigenvalue weighted by Gasteiger charge is -2.27. The van der Waals surface area contributed by atoms with E-state index in [4.69, 9.17) is 0 Å². The lowest BCUT2D eigenvalue weighted by Crippen LogP contribution is -2.35. The molecule has 1 aliphatic rings. The highest BCUT2D eigenvalue weighted by Crippen LogP contribution is 2.17. The van der Waals surface area contributed by atoms with Crippen molar-refractivity contribution in [2.45, 2.75) is 39.2 Å². The molecule has 0 saturated carbocycles. The van der Waals surface area contributed by atoms with Gasteiger partial charge in [-0.3, -0.25) is 14.5 Å². The van der Waals surface area contributed by atoms with Crippen LogP contribution in [0.15, 0.2) is 48.5 Å². The molecule has 0 unspecified atom stereocenters. The van der Waals surface area contributed by atoms with Crippen LogP contribution in [0.3, 0.4) is 0 Å². The van der Waals surface area contributed by atoms with E-state index in [1.165, 1.54) is 6.42 Å². The monoisotopic (exact) mass is 393 g/mol. The Morgan fingerprint density at radius 1 is 1.03 bits per heavy atom. The summed E-state index contributed by atoms with van der Waals surface area (Å²) in [6.45, 7) is 4.69. The number of nitrogens with one attached hydrogen (secondary N) is 1. The molecule has 3 rings (SSSR count). The fraction of sp³-hybridized carbons (Fsp3) is 0.417. The second kappa shape index (κ2) is 10.2. The Morgan fingerprint density at radius 2 is 1.79 bits per heavy atom. The fourth-order valence-corrected chi connectivity index (χ4v) is 3.84. The van der Waals surface area contributed by atoms with E-state index in [0.717, 1.165) is 54.7 Å². The lowest BCUT2D eigenvalue weighted by atomic mass is 10.1. The van der Waals surface area contributed by atoms with Gasteiger partial charge in [0.25, 0.3) is 5.91 Å². The lowest BCUT2D eigenvalue weighted by molar-refractivity contribution is -0.117. The van der Waals surface area contributed by atoms with Crippen molar-refractivity contribution >= 4 is 17.5 Å². The molecule has 29 heavy (non-hydrogen) atoms. The van der Waals surface area contributed by atoms with E-state index in [1.54, 1.807) is 0 Å². The summed E-state index contributed by atoms with van der Waals surface area (Å²) in [7, 11) is 1.92. The Labute approximate surface area is 173 Å². The zero-order chi connectivity index (χ0) is 20.6. The Balaban J connectivity index is 1.56. The fourth-order valence-electron chi connectivity index (χ4n) is 3.84. The van der Waals surface area contributed by atoms with Gasteiger partial charge in [0.1, 0.15) is 0 Å². The van der Waals surface area contributed by atoms with Crippen LogP contribution in [0.5, 0.6) is 0 Å². The molecule has 1 N–H and O–H groups in total. The number of hydrogen-bond acceptors (Lipinski definition) is 3. The van der Waals surface area contributed by atoms with Gasteiger partial charge in [-0.15, -0.1) is 0 Å². The summed E-state index contributed by atoms with van der Waals surface area (Å²) in [5, 5.41) is 3.01. The van der Waals surface area contributed by atoms with E-state index in [0.29, 0.717) is 13.1 Å².